The number of nitrogens with zero attached hydrogens (tertiary/aromatic N) is 2. The van der Waals surface area contributed by atoms with Crippen molar-refractivity contribution in [2.75, 3.05) is 5.32 Å². The minimum absolute atomic E-state index is 0.0317. The van der Waals surface area contributed by atoms with E-state index in [4.69, 9.17) is 9.15 Å². The number of hydrogen-bond donors (Lipinski definition) is 1. The lowest BCUT2D eigenvalue weighted by molar-refractivity contribution is -0.122. The van der Waals surface area contributed by atoms with Crippen molar-refractivity contribution in [3.05, 3.63) is 66.5 Å². The standard InChI is InChI=1S/C17H16FN3O3/c1-12(24-15-7-3-2-6-14(15)18)17(22)20-16-8-9-19-21(16)11-13-5-4-10-23-13/h2-10,12H,11H2,1H3,(H,20,22)/t12-/m0/s1. The van der Waals surface area contributed by atoms with Gasteiger partial charge in [-0.15, -0.1) is 0 Å². The predicted octanol–water partition coefficient (Wildman–Crippen LogP) is 3.07. The smallest absolute Gasteiger partial charge is 0.266 e. The van der Waals surface area contributed by atoms with Crippen molar-refractivity contribution in [1.29, 1.82) is 0 Å². The summed E-state index contributed by atoms with van der Waals surface area (Å²) in [6.07, 6.45) is 2.27. The number of aromatic nitrogens is 2. The van der Waals surface area contributed by atoms with Gasteiger partial charge in [-0.25, -0.2) is 9.07 Å². The zero-order valence-corrected chi connectivity index (χ0v) is 13.0. The highest BCUT2D eigenvalue weighted by Gasteiger charge is 2.18. The van der Waals surface area contributed by atoms with Crippen LogP contribution >= 0.6 is 0 Å². The summed E-state index contributed by atoms with van der Waals surface area (Å²) in [7, 11) is 0. The number of anilines is 1. The highest BCUT2D eigenvalue weighted by Crippen LogP contribution is 2.18. The molecule has 1 atom stereocenters. The van der Waals surface area contributed by atoms with E-state index in [0.717, 1.165) is 0 Å². The number of nitrogens with one attached hydrogen (secondary N) is 1. The second-order valence-electron chi connectivity index (χ2n) is 5.13. The molecule has 0 aliphatic heterocycles. The fraction of sp³-hybridized carbons (Fsp3) is 0.176. The molecule has 0 saturated heterocycles. The maximum Gasteiger partial charge on any atom is 0.266 e. The average molecular weight is 329 g/mol. The van der Waals surface area contributed by atoms with E-state index < -0.39 is 17.8 Å². The molecule has 2 heterocycles. The Kier molecular flexibility index (Phi) is 4.60. The number of amides is 1. The maximum atomic E-state index is 13.6. The molecule has 0 unspecified atom stereocenters. The van der Waals surface area contributed by atoms with Gasteiger partial charge in [-0.2, -0.15) is 5.10 Å². The summed E-state index contributed by atoms with van der Waals surface area (Å²) in [6.45, 7) is 1.94. The predicted molar refractivity (Wildman–Crippen MR) is 85.2 cm³/mol. The molecule has 0 spiro atoms. The van der Waals surface area contributed by atoms with Crippen LogP contribution in [-0.4, -0.2) is 21.8 Å². The van der Waals surface area contributed by atoms with Gasteiger partial charge in [0.05, 0.1) is 12.5 Å². The van der Waals surface area contributed by atoms with Crippen LogP contribution in [0.4, 0.5) is 10.2 Å². The summed E-state index contributed by atoms with van der Waals surface area (Å²) >= 11 is 0. The number of furan rings is 1. The number of carbonyl (C=O) groups is 1. The summed E-state index contributed by atoms with van der Waals surface area (Å²) in [5.74, 6) is 0.328. The van der Waals surface area contributed by atoms with Crippen LogP contribution < -0.4 is 10.1 Å². The fourth-order valence-corrected chi connectivity index (χ4v) is 2.13. The third-order valence-corrected chi connectivity index (χ3v) is 3.36. The molecule has 0 aliphatic carbocycles. The molecule has 24 heavy (non-hydrogen) atoms. The van der Waals surface area contributed by atoms with Crippen molar-refractivity contribution < 1.29 is 18.3 Å². The molecule has 7 heteroatoms. The van der Waals surface area contributed by atoms with Gasteiger partial charge < -0.3 is 14.5 Å². The SMILES string of the molecule is C[C@H](Oc1ccccc1F)C(=O)Nc1ccnn1Cc1ccco1. The molecule has 124 valence electrons. The van der Waals surface area contributed by atoms with Crippen LogP contribution in [0.2, 0.25) is 0 Å². The van der Waals surface area contributed by atoms with E-state index in [9.17, 15) is 9.18 Å². The lowest BCUT2D eigenvalue weighted by Gasteiger charge is -2.15. The molecule has 0 saturated carbocycles. The Morgan fingerprint density at radius 3 is 2.92 bits per heavy atom. The van der Waals surface area contributed by atoms with E-state index in [-0.39, 0.29) is 5.75 Å². The monoisotopic (exact) mass is 329 g/mol. The fourth-order valence-electron chi connectivity index (χ4n) is 2.13. The number of ether oxygens (including phenoxy) is 1. The average Bonchev–Trinajstić information content (AvgIpc) is 3.22. The number of rotatable bonds is 6. The highest BCUT2D eigenvalue weighted by atomic mass is 19.1. The zero-order valence-electron chi connectivity index (χ0n) is 13.0. The van der Waals surface area contributed by atoms with E-state index in [1.807, 2.05) is 6.07 Å². The van der Waals surface area contributed by atoms with E-state index in [2.05, 4.69) is 10.4 Å². The lowest BCUT2D eigenvalue weighted by Crippen LogP contribution is -2.31. The number of halogens is 1. The molecule has 1 aromatic carbocycles. The van der Waals surface area contributed by atoms with Crippen LogP contribution in [0.3, 0.4) is 0 Å². The molecule has 1 amide bonds. The van der Waals surface area contributed by atoms with Gasteiger partial charge in [-0.1, -0.05) is 12.1 Å². The minimum Gasteiger partial charge on any atom is -0.478 e. The zero-order chi connectivity index (χ0) is 16.9. The van der Waals surface area contributed by atoms with Crippen molar-refractivity contribution in [2.24, 2.45) is 0 Å². The molecule has 6 nitrogen and oxygen atoms in total. The number of hydrogen-bond acceptors (Lipinski definition) is 4. The van der Waals surface area contributed by atoms with Gasteiger partial charge in [0.2, 0.25) is 0 Å². The molecule has 0 fully saturated rings. The highest BCUT2D eigenvalue weighted by molar-refractivity contribution is 5.93. The van der Waals surface area contributed by atoms with Gasteiger partial charge in [-0.05, 0) is 31.2 Å². The summed E-state index contributed by atoms with van der Waals surface area (Å²) in [5.41, 5.74) is 0. The normalized spacial score (nSPS) is 11.9. The lowest BCUT2D eigenvalue weighted by atomic mass is 10.3. The Morgan fingerprint density at radius 1 is 1.33 bits per heavy atom. The van der Waals surface area contributed by atoms with Crippen LogP contribution in [0.15, 0.2) is 59.3 Å². The van der Waals surface area contributed by atoms with Crippen molar-refractivity contribution in [2.45, 2.75) is 19.6 Å². The Labute approximate surface area is 137 Å². The van der Waals surface area contributed by atoms with E-state index in [1.54, 1.807) is 48.3 Å². The second kappa shape index (κ2) is 6.99. The van der Waals surface area contributed by atoms with Gasteiger partial charge in [0.25, 0.3) is 5.91 Å². The molecular formula is C17H16FN3O3. The Balaban J connectivity index is 1.64. The molecule has 3 rings (SSSR count). The molecule has 3 aromatic rings. The van der Waals surface area contributed by atoms with Crippen LogP contribution in [0, 0.1) is 5.82 Å². The summed E-state index contributed by atoms with van der Waals surface area (Å²) in [6, 6.07) is 11.2. The van der Waals surface area contributed by atoms with Gasteiger partial charge in [-0.3, -0.25) is 4.79 Å². The Morgan fingerprint density at radius 2 is 2.17 bits per heavy atom. The van der Waals surface area contributed by atoms with Gasteiger partial charge >= 0.3 is 0 Å². The number of carbonyl (C=O) groups excluding carboxylic acids is 1. The topological polar surface area (TPSA) is 69.3 Å². The first-order valence-electron chi connectivity index (χ1n) is 7.40. The van der Waals surface area contributed by atoms with E-state index in [0.29, 0.717) is 18.1 Å². The van der Waals surface area contributed by atoms with Gasteiger partial charge in [0, 0.05) is 6.07 Å². The van der Waals surface area contributed by atoms with Gasteiger partial charge in [0.15, 0.2) is 17.7 Å². The summed E-state index contributed by atoms with van der Waals surface area (Å²) in [5, 5.41) is 6.86. The van der Waals surface area contributed by atoms with Crippen LogP contribution in [0.1, 0.15) is 12.7 Å². The first-order valence-corrected chi connectivity index (χ1v) is 7.40. The largest absolute Gasteiger partial charge is 0.478 e. The van der Waals surface area contributed by atoms with Crippen LogP contribution in [-0.2, 0) is 11.3 Å². The first-order chi connectivity index (χ1) is 11.6. The molecule has 2 aromatic heterocycles. The maximum absolute atomic E-state index is 13.6. The van der Waals surface area contributed by atoms with Gasteiger partial charge in [0.1, 0.15) is 18.1 Å². The van der Waals surface area contributed by atoms with Crippen LogP contribution in [0.5, 0.6) is 5.75 Å². The van der Waals surface area contributed by atoms with Crippen molar-refractivity contribution in [3.8, 4) is 5.75 Å². The third kappa shape index (κ3) is 3.62. The molecule has 1 N–H and O–H groups in total. The second-order valence-corrected chi connectivity index (χ2v) is 5.13. The summed E-state index contributed by atoms with van der Waals surface area (Å²) in [4.78, 5) is 12.3. The van der Waals surface area contributed by atoms with Crippen molar-refractivity contribution in [1.82, 2.24) is 9.78 Å². The van der Waals surface area contributed by atoms with E-state index >= 15 is 0 Å². The number of para-hydroxylation sites is 1. The Hall–Kier alpha value is -3.09. The third-order valence-electron chi connectivity index (χ3n) is 3.36. The Bertz CT molecular complexity index is 814. The van der Waals surface area contributed by atoms with Crippen molar-refractivity contribution >= 4 is 11.7 Å². The van der Waals surface area contributed by atoms with Crippen LogP contribution in [0.25, 0.3) is 0 Å². The first kappa shape index (κ1) is 15.8. The molecule has 0 radical (unpaired) electrons. The molecular weight excluding hydrogens is 313 g/mol. The molecule has 0 bridgehead atoms. The molecule has 0 aliphatic rings. The minimum atomic E-state index is -0.867. The van der Waals surface area contributed by atoms with Crippen molar-refractivity contribution in [3.63, 3.8) is 0 Å². The van der Waals surface area contributed by atoms with E-state index in [1.165, 1.54) is 12.1 Å². The quantitative estimate of drug-likeness (QED) is 0.754. The summed E-state index contributed by atoms with van der Waals surface area (Å²) < 4.78 is 25.8. The number of benzene rings is 1.